The van der Waals surface area contributed by atoms with Crippen molar-refractivity contribution in [3.05, 3.63) is 59.4 Å². The molecule has 0 radical (unpaired) electrons. The van der Waals surface area contributed by atoms with Gasteiger partial charge in [0.05, 0.1) is 26.7 Å². The van der Waals surface area contributed by atoms with Crippen LogP contribution < -0.4 is 4.74 Å². The van der Waals surface area contributed by atoms with E-state index in [9.17, 15) is 9.90 Å². The van der Waals surface area contributed by atoms with Crippen LogP contribution in [-0.2, 0) is 9.53 Å². The smallest absolute Gasteiger partial charge is 0.339 e. The average Bonchev–Trinajstić information content (AvgIpc) is 2.61. The maximum atomic E-state index is 11.7. The van der Waals surface area contributed by atoms with Gasteiger partial charge in [0, 0.05) is 11.1 Å². The topological polar surface area (TPSA) is 88.4 Å². The van der Waals surface area contributed by atoms with E-state index in [4.69, 9.17) is 14.7 Å². The molecule has 130 valence electrons. The van der Waals surface area contributed by atoms with Crippen molar-refractivity contribution in [1.29, 1.82) is 0 Å². The summed E-state index contributed by atoms with van der Waals surface area (Å²) in [5.41, 5.74) is 3.23. The number of benzene rings is 2. The lowest BCUT2D eigenvalue weighted by molar-refractivity contribution is -0.130. The van der Waals surface area contributed by atoms with E-state index in [0.29, 0.717) is 22.4 Å². The summed E-state index contributed by atoms with van der Waals surface area (Å²) in [6.45, 7) is 1.85. The molecule has 6 heteroatoms. The van der Waals surface area contributed by atoms with Gasteiger partial charge in [0.2, 0.25) is 0 Å². The Morgan fingerprint density at radius 1 is 1.20 bits per heavy atom. The summed E-state index contributed by atoms with van der Waals surface area (Å²) in [6.07, 6.45) is 2.47. The highest BCUT2D eigenvalue weighted by atomic mass is 16.5. The maximum absolute atomic E-state index is 11.7. The largest absolute Gasteiger partial charge is 0.503 e. The van der Waals surface area contributed by atoms with Gasteiger partial charge in [-0.15, -0.1) is 0 Å². The number of ether oxygens (including phenoxy) is 2. The first kappa shape index (κ1) is 18.1. The molecular weight excluding hydrogens is 322 g/mol. The summed E-state index contributed by atoms with van der Waals surface area (Å²) >= 11 is 0. The summed E-state index contributed by atoms with van der Waals surface area (Å²) < 4.78 is 10.2. The first-order chi connectivity index (χ1) is 12.0. The van der Waals surface area contributed by atoms with Gasteiger partial charge in [-0.25, -0.2) is 4.79 Å². The molecule has 0 aliphatic heterocycles. The molecule has 0 spiro atoms. The van der Waals surface area contributed by atoms with Crippen molar-refractivity contribution in [3.63, 3.8) is 0 Å². The zero-order valence-electron chi connectivity index (χ0n) is 14.2. The second kappa shape index (κ2) is 8.01. The predicted octanol–water partition coefficient (Wildman–Crippen LogP) is 3.55. The standard InChI is InChI=1S/C19H19NO5/c1-12-7-8-15(17(11-24-2)19(21)22)18(16(12)10-20-23)13-5-4-6-14(9-13)25-3/h4-11,23H,1-3H3,(H,21,22)/b17-11+,20-10?. The average molecular weight is 341 g/mol. The van der Waals surface area contributed by atoms with Crippen molar-refractivity contribution in [2.24, 2.45) is 5.16 Å². The highest BCUT2D eigenvalue weighted by Crippen LogP contribution is 2.35. The molecule has 0 aliphatic rings. The van der Waals surface area contributed by atoms with Gasteiger partial charge in [-0.1, -0.05) is 29.4 Å². The lowest BCUT2D eigenvalue weighted by Gasteiger charge is -2.16. The molecule has 0 heterocycles. The first-order valence-electron chi connectivity index (χ1n) is 7.45. The molecule has 0 atom stereocenters. The summed E-state index contributed by atoms with van der Waals surface area (Å²) in [6, 6.07) is 10.7. The minimum Gasteiger partial charge on any atom is -0.503 e. The molecule has 0 saturated heterocycles. The van der Waals surface area contributed by atoms with E-state index in [-0.39, 0.29) is 5.57 Å². The zero-order chi connectivity index (χ0) is 18.4. The molecule has 0 aliphatic carbocycles. The Bertz CT molecular complexity index is 840. The number of carboxylic acid groups (broad SMARTS) is 1. The molecule has 0 aromatic heterocycles. The van der Waals surface area contributed by atoms with E-state index in [1.807, 2.05) is 13.0 Å². The summed E-state index contributed by atoms with van der Waals surface area (Å²) in [7, 11) is 2.94. The molecule has 2 aromatic carbocycles. The minimum absolute atomic E-state index is 0.00657. The molecule has 6 nitrogen and oxygen atoms in total. The van der Waals surface area contributed by atoms with Gasteiger partial charge in [0.25, 0.3) is 0 Å². The second-order valence-electron chi connectivity index (χ2n) is 5.27. The molecule has 0 unspecified atom stereocenters. The van der Waals surface area contributed by atoms with E-state index in [2.05, 4.69) is 5.16 Å². The Kier molecular flexibility index (Phi) is 5.79. The number of nitrogens with zero attached hydrogens (tertiary/aromatic N) is 1. The Hall–Kier alpha value is -3.28. The Morgan fingerprint density at radius 3 is 2.56 bits per heavy atom. The van der Waals surface area contributed by atoms with Crippen LogP contribution in [-0.4, -0.2) is 36.7 Å². The van der Waals surface area contributed by atoms with E-state index in [1.165, 1.54) is 19.6 Å². The number of hydrogen-bond acceptors (Lipinski definition) is 5. The van der Waals surface area contributed by atoms with Crippen molar-refractivity contribution in [2.45, 2.75) is 6.92 Å². The Morgan fingerprint density at radius 2 is 1.96 bits per heavy atom. The highest BCUT2D eigenvalue weighted by Gasteiger charge is 2.20. The van der Waals surface area contributed by atoms with Gasteiger partial charge in [0.15, 0.2) is 0 Å². The number of methoxy groups -OCH3 is 2. The van der Waals surface area contributed by atoms with Gasteiger partial charge in [-0.2, -0.15) is 0 Å². The lowest BCUT2D eigenvalue weighted by atomic mass is 9.88. The fourth-order valence-corrected chi connectivity index (χ4v) is 2.61. The molecule has 2 aromatic rings. The third kappa shape index (κ3) is 3.80. The Labute approximate surface area is 145 Å². The fourth-order valence-electron chi connectivity index (χ4n) is 2.61. The predicted molar refractivity (Wildman–Crippen MR) is 95.2 cm³/mol. The number of carbonyl (C=O) groups is 1. The van der Waals surface area contributed by atoms with Gasteiger partial charge >= 0.3 is 5.97 Å². The van der Waals surface area contributed by atoms with Gasteiger partial charge in [-0.05, 0) is 35.7 Å². The molecule has 0 saturated carbocycles. The normalized spacial score (nSPS) is 11.6. The van der Waals surface area contributed by atoms with Crippen molar-refractivity contribution < 1.29 is 24.6 Å². The van der Waals surface area contributed by atoms with Gasteiger partial charge in [0.1, 0.15) is 11.3 Å². The number of oxime groups is 1. The zero-order valence-corrected chi connectivity index (χ0v) is 14.2. The molecule has 2 N–H and O–H groups in total. The molecule has 2 rings (SSSR count). The highest BCUT2D eigenvalue weighted by molar-refractivity contribution is 6.18. The minimum atomic E-state index is -1.12. The maximum Gasteiger partial charge on any atom is 0.339 e. The van der Waals surface area contributed by atoms with E-state index < -0.39 is 5.97 Å². The molecule has 0 bridgehead atoms. The quantitative estimate of drug-likeness (QED) is 0.276. The number of carboxylic acids is 1. The van der Waals surface area contributed by atoms with Crippen molar-refractivity contribution >= 4 is 17.8 Å². The van der Waals surface area contributed by atoms with Crippen LogP contribution >= 0.6 is 0 Å². The van der Waals surface area contributed by atoms with Gasteiger partial charge in [-0.3, -0.25) is 0 Å². The second-order valence-corrected chi connectivity index (χ2v) is 5.27. The summed E-state index contributed by atoms with van der Waals surface area (Å²) in [4.78, 5) is 11.7. The van der Waals surface area contributed by atoms with Crippen molar-refractivity contribution in [1.82, 2.24) is 0 Å². The molecule has 25 heavy (non-hydrogen) atoms. The van der Waals surface area contributed by atoms with E-state index >= 15 is 0 Å². The van der Waals surface area contributed by atoms with Crippen LogP contribution in [0.1, 0.15) is 16.7 Å². The van der Waals surface area contributed by atoms with Crippen LogP contribution in [0.25, 0.3) is 16.7 Å². The van der Waals surface area contributed by atoms with Crippen LogP contribution in [0.15, 0.2) is 47.8 Å². The van der Waals surface area contributed by atoms with Crippen LogP contribution in [0.3, 0.4) is 0 Å². The Balaban J connectivity index is 2.87. The van der Waals surface area contributed by atoms with Crippen LogP contribution in [0, 0.1) is 6.92 Å². The lowest BCUT2D eigenvalue weighted by Crippen LogP contribution is -2.05. The van der Waals surface area contributed by atoms with Crippen LogP contribution in [0.2, 0.25) is 0 Å². The number of aliphatic carboxylic acids is 1. The van der Waals surface area contributed by atoms with Crippen LogP contribution in [0.4, 0.5) is 0 Å². The van der Waals surface area contributed by atoms with Gasteiger partial charge < -0.3 is 19.8 Å². The third-order valence-electron chi connectivity index (χ3n) is 3.77. The molecular formula is C19H19NO5. The first-order valence-corrected chi connectivity index (χ1v) is 7.45. The molecule has 0 amide bonds. The number of aryl methyl sites for hydroxylation is 1. The van der Waals surface area contributed by atoms with E-state index in [0.717, 1.165) is 11.1 Å². The molecule has 0 fully saturated rings. The summed E-state index contributed by atoms with van der Waals surface area (Å²) in [5, 5.41) is 21.7. The summed E-state index contributed by atoms with van der Waals surface area (Å²) in [5.74, 6) is -0.494. The van der Waals surface area contributed by atoms with Crippen molar-refractivity contribution in [3.8, 4) is 16.9 Å². The van der Waals surface area contributed by atoms with Crippen LogP contribution in [0.5, 0.6) is 5.75 Å². The fraction of sp³-hybridized carbons (Fsp3) is 0.158. The van der Waals surface area contributed by atoms with E-state index in [1.54, 1.807) is 37.4 Å². The van der Waals surface area contributed by atoms with Crippen molar-refractivity contribution in [2.75, 3.05) is 14.2 Å². The number of hydrogen-bond donors (Lipinski definition) is 2. The monoisotopic (exact) mass is 341 g/mol. The SMILES string of the molecule is CO/C=C(/C(=O)O)c1ccc(C)c(C=NO)c1-c1cccc(OC)c1. The third-order valence-corrected chi connectivity index (χ3v) is 3.77. The number of rotatable bonds is 6.